The van der Waals surface area contributed by atoms with Gasteiger partial charge >= 0.3 is 0 Å². The van der Waals surface area contributed by atoms with Gasteiger partial charge in [-0.1, -0.05) is 11.8 Å². The van der Waals surface area contributed by atoms with Crippen LogP contribution in [0.15, 0.2) is 16.4 Å². The molecule has 2 atom stereocenters. The summed E-state index contributed by atoms with van der Waals surface area (Å²) in [6, 6.07) is 0. The van der Waals surface area contributed by atoms with Crippen LogP contribution in [0.5, 0.6) is 0 Å². The van der Waals surface area contributed by atoms with Crippen molar-refractivity contribution in [2.24, 2.45) is 22.4 Å². The van der Waals surface area contributed by atoms with Gasteiger partial charge in [-0.2, -0.15) is 0 Å². The Morgan fingerprint density at radius 2 is 2.53 bits per heavy atom. The number of nitrogens with two attached hydrogens (primary N) is 2. The Morgan fingerprint density at radius 3 is 3.24 bits per heavy atom. The van der Waals surface area contributed by atoms with Crippen LogP contribution < -0.4 is 16.8 Å². The molecule has 17 heavy (non-hydrogen) atoms. The van der Waals surface area contributed by atoms with E-state index in [1.165, 1.54) is 0 Å². The summed E-state index contributed by atoms with van der Waals surface area (Å²) in [5.41, 5.74) is 12.3. The van der Waals surface area contributed by atoms with Crippen LogP contribution in [0.1, 0.15) is 0 Å². The Labute approximate surface area is 99.7 Å². The van der Waals surface area contributed by atoms with E-state index in [-0.39, 0.29) is 12.1 Å². The highest BCUT2D eigenvalue weighted by molar-refractivity contribution is 5.62. The first-order valence-corrected chi connectivity index (χ1v) is 5.43. The zero-order chi connectivity index (χ0) is 12.3. The summed E-state index contributed by atoms with van der Waals surface area (Å²) in [4.78, 5) is 16.7. The largest absolute Gasteiger partial charge is 0.357 e. The molecule has 0 aliphatic carbocycles. The predicted octanol–water partition coefficient (Wildman–Crippen LogP) is -1.79. The molecule has 2 aliphatic rings. The van der Waals surface area contributed by atoms with E-state index in [9.17, 15) is 4.79 Å². The Balaban J connectivity index is 2.30. The lowest BCUT2D eigenvalue weighted by atomic mass is 9.99. The van der Waals surface area contributed by atoms with Gasteiger partial charge in [0, 0.05) is 12.1 Å². The van der Waals surface area contributed by atoms with Gasteiger partial charge in [0.15, 0.2) is 0 Å². The fourth-order valence-electron chi connectivity index (χ4n) is 2.08. The summed E-state index contributed by atoms with van der Waals surface area (Å²) >= 11 is 0. The maximum atomic E-state index is 10.6. The van der Waals surface area contributed by atoms with Gasteiger partial charge in [0.1, 0.15) is 18.3 Å². The van der Waals surface area contributed by atoms with Crippen molar-refractivity contribution in [1.82, 2.24) is 10.2 Å². The molecule has 0 aromatic rings. The molecule has 90 valence electrons. The van der Waals surface area contributed by atoms with Crippen LogP contribution in [0.2, 0.25) is 0 Å². The monoisotopic (exact) mass is 233 g/mol. The highest BCUT2D eigenvalue weighted by atomic mass is 16.1. The molecule has 2 rings (SSSR count). The fourth-order valence-corrected chi connectivity index (χ4v) is 2.08. The lowest BCUT2D eigenvalue weighted by Gasteiger charge is -2.21. The molecule has 0 amide bonds. The minimum absolute atomic E-state index is 0.00606. The second-order valence-corrected chi connectivity index (χ2v) is 3.83. The van der Waals surface area contributed by atoms with Crippen molar-refractivity contribution in [2.75, 3.05) is 19.6 Å². The quantitative estimate of drug-likeness (QED) is 0.386. The molecule has 0 bridgehead atoms. The summed E-state index contributed by atoms with van der Waals surface area (Å²) < 4.78 is 0. The Hall–Kier alpha value is -1.84. The highest BCUT2D eigenvalue weighted by Crippen LogP contribution is 2.30. The van der Waals surface area contributed by atoms with Gasteiger partial charge in [-0.25, -0.2) is 4.99 Å². The molecule has 2 unspecified atom stereocenters. The van der Waals surface area contributed by atoms with Crippen LogP contribution in [0.4, 0.5) is 0 Å². The number of carbonyl (C=O) groups excluding carboxylic acids is 1. The topological polar surface area (TPSA) is 96.7 Å². The predicted molar refractivity (Wildman–Crippen MR) is 64.6 cm³/mol. The van der Waals surface area contributed by atoms with Gasteiger partial charge in [0.25, 0.3) is 0 Å². The van der Waals surface area contributed by atoms with Crippen molar-refractivity contribution in [2.45, 2.75) is 6.17 Å². The molecule has 0 aromatic heterocycles. The average molecular weight is 233 g/mol. The standard InChI is InChI=1S/C11H15N5O/c12-3-1-2-8-6-16(4-5-17)11-9(8)10(13)14-7-15-11/h5,7-8,10H,3-4,6,12-13H2,(H,14,15). The molecular weight excluding hydrogens is 218 g/mol. The van der Waals surface area contributed by atoms with Gasteiger partial charge in [-0.3, -0.25) is 0 Å². The summed E-state index contributed by atoms with van der Waals surface area (Å²) in [7, 11) is 0. The normalized spacial score (nSPS) is 26.1. The number of hydrogen-bond donors (Lipinski definition) is 3. The molecule has 0 aromatic carbocycles. The van der Waals surface area contributed by atoms with E-state index in [0.29, 0.717) is 19.6 Å². The van der Waals surface area contributed by atoms with Crippen LogP contribution in [0.3, 0.4) is 0 Å². The lowest BCUT2D eigenvalue weighted by molar-refractivity contribution is -0.108. The molecule has 0 spiro atoms. The molecular formula is C11H15N5O. The van der Waals surface area contributed by atoms with Crippen molar-refractivity contribution >= 4 is 12.6 Å². The number of rotatable bonds is 2. The van der Waals surface area contributed by atoms with Gasteiger partial charge in [-0.05, 0) is 0 Å². The first-order valence-electron chi connectivity index (χ1n) is 5.43. The van der Waals surface area contributed by atoms with Crippen LogP contribution in [0.25, 0.3) is 0 Å². The first kappa shape index (κ1) is 11.6. The molecule has 0 saturated heterocycles. The third-order valence-corrected chi connectivity index (χ3v) is 2.79. The maximum Gasteiger partial charge on any atom is 0.139 e. The van der Waals surface area contributed by atoms with Crippen molar-refractivity contribution in [3.63, 3.8) is 0 Å². The number of hydrogen-bond acceptors (Lipinski definition) is 6. The number of nitrogens with zero attached hydrogens (tertiary/aromatic N) is 2. The average Bonchev–Trinajstić information content (AvgIpc) is 2.67. The minimum Gasteiger partial charge on any atom is -0.357 e. The first-order chi connectivity index (χ1) is 8.27. The van der Waals surface area contributed by atoms with E-state index in [1.54, 1.807) is 6.34 Å². The van der Waals surface area contributed by atoms with E-state index in [1.807, 2.05) is 4.90 Å². The van der Waals surface area contributed by atoms with Crippen molar-refractivity contribution in [1.29, 1.82) is 0 Å². The van der Waals surface area contributed by atoms with Crippen molar-refractivity contribution in [3.8, 4) is 11.8 Å². The third kappa shape index (κ3) is 2.16. The zero-order valence-corrected chi connectivity index (χ0v) is 9.39. The zero-order valence-electron chi connectivity index (χ0n) is 9.39. The molecule has 6 heteroatoms. The lowest BCUT2D eigenvalue weighted by Crippen LogP contribution is -2.42. The van der Waals surface area contributed by atoms with Gasteiger partial charge in [0.2, 0.25) is 0 Å². The number of aldehydes is 1. The number of carbonyl (C=O) groups is 1. The number of aliphatic imine (C=N–C) groups is 1. The number of nitrogens with one attached hydrogen (secondary N) is 1. The molecule has 6 nitrogen and oxygen atoms in total. The second-order valence-electron chi connectivity index (χ2n) is 3.83. The molecule has 5 N–H and O–H groups in total. The molecule has 2 heterocycles. The summed E-state index contributed by atoms with van der Waals surface area (Å²) in [6.45, 7) is 1.27. The van der Waals surface area contributed by atoms with E-state index in [0.717, 1.165) is 17.7 Å². The third-order valence-electron chi connectivity index (χ3n) is 2.79. The highest BCUT2D eigenvalue weighted by Gasteiger charge is 2.34. The minimum atomic E-state index is -0.295. The van der Waals surface area contributed by atoms with Crippen LogP contribution in [0, 0.1) is 17.8 Å². The molecule has 0 fully saturated rings. The second kappa shape index (κ2) is 4.99. The molecule has 0 radical (unpaired) electrons. The fraction of sp³-hybridized carbons (Fsp3) is 0.455. The van der Waals surface area contributed by atoms with E-state index < -0.39 is 0 Å². The maximum absolute atomic E-state index is 10.6. The summed E-state index contributed by atoms with van der Waals surface area (Å²) in [5, 5.41) is 2.94. The van der Waals surface area contributed by atoms with Gasteiger partial charge in [-0.15, -0.1) is 0 Å². The Kier molecular flexibility index (Phi) is 3.42. The van der Waals surface area contributed by atoms with E-state index in [4.69, 9.17) is 11.5 Å². The van der Waals surface area contributed by atoms with Crippen LogP contribution >= 0.6 is 0 Å². The smallest absolute Gasteiger partial charge is 0.139 e. The van der Waals surface area contributed by atoms with Crippen molar-refractivity contribution < 1.29 is 4.79 Å². The van der Waals surface area contributed by atoms with E-state index >= 15 is 0 Å². The molecule has 0 saturated carbocycles. The van der Waals surface area contributed by atoms with Crippen LogP contribution in [-0.2, 0) is 4.79 Å². The SMILES string of the molecule is NCC#CC1CN(CC=O)C2=C1C(N)NC=N2. The summed E-state index contributed by atoms with van der Waals surface area (Å²) in [5.74, 6) is 6.67. The Morgan fingerprint density at radius 1 is 1.71 bits per heavy atom. The van der Waals surface area contributed by atoms with Gasteiger partial charge in [0.05, 0.1) is 25.3 Å². The summed E-state index contributed by atoms with van der Waals surface area (Å²) in [6.07, 6.45) is 2.11. The van der Waals surface area contributed by atoms with Crippen molar-refractivity contribution in [3.05, 3.63) is 11.4 Å². The molecule has 2 aliphatic heterocycles. The Bertz CT molecular complexity index is 431. The van der Waals surface area contributed by atoms with E-state index in [2.05, 4.69) is 22.2 Å². The van der Waals surface area contributed by atoms with Gasteiger partial charge < -0.3 is 26.5 Å². The van der Waals surface area contributed by atoms with Crippen LogP contribution in [-0.4, -0.2) is 43.3 Å².